The van der Waals surface area contributed by atoms with Crippen molar-refractivity contribution in [1.82, 2.24) is 14.5 Å². The summed E-state index contributed by atoms with van der Waals surface area (Å²) in [6.07, 6.45) is 1.79. The van der Waals surface area contributed by atoms with Crippen LogP contribution in [0.4, 0.5) is 5.00 Å². The topological polar surface area (TPSA) is 56.7 Å². The van der Waals surface area contributed by atoms with E-state index in [0.717, 1.165) is 33.4 Å². The zero-order valence-corrected chi connectivity index (χ0v) is 10.2. The molecule has 0 atom stereocenters. The fourth-order valence-corrected chi connectivity index (χ4v) is 2.69. The highest BCUT2D eigenvalue weighted by Crippen LogP contribution is 2.30. The second kappa shape index (κ2) is 3.85. The molecule has 0 bridgehead atoms. The third-order valence-electron chi connectivity index (χ3n) is 2.67. The van der Waals surface area contributed by atoms with Gasteiger partial charge in [-0.3, -0.25) is 0 Å². The van der Waals surface area contributed by atoms with Crippen LogP contribution in [0, 0.1) is 0 Å². The Morgan fingerprint density at radius 3 is 2.94 bits per heavy atom. The van der Waals surface area contributed by atoms with Gasteiger partial charge in [0.1, 0.15) is 5.52 Å². The minimum atomic E-state index is 0.808. The molecular formula is C12H12N4S. The number of aromatic nitrogens is 3. The van der Waals surface area contributed by atoms with E-state index in [0.29, 0.717) is 0 Å². The van der Waals surface area contributed by atoms with Crippen molar-refractivity contribution in [3.63, 3.8) is 0 Å². The fraction of sp³-hybridized carbons (Fsp3) is 0.167. The molecule has 0 aliphatic rings. The van der Waals surface area contributed by atoms with Gasteiger partial charge in [-0.2, -0.15) is 0 Å². The Balaban J connectivity index is 2.29. The summed E-state index contributed by atoms with van der Waals surface area (Å²) in [6.45, 7) is 2.94. The van der Waals surface area contributed by atoms with Crippen molar-refractivity contribution in [2.45, 2.75) is 13.5 Å². The monoisotopic (exact) mass is 244 g/mol. The molecule has 0 fully saturated rings. The number of rotatable bonds is 2. The molecule has 3 aromatic heterocycles. The molecule has 2 N–H and O–H groups in total. The third-order valence-corrected chi connectivity index (χ3v) is 3.58. The minimum Gasteiger partial charge on any atom is -0.391 e. The summed E-state index contributed by atoms with van der Waals surface area (Å²) in [6, 6.07) is 7.80. The Morgan fingerprint density at radius 1 is 1.35 bits per heavy atom. The number of aryl methyl sites for hydroxylation is 1. The van der Waals surface area contributed by atoms with Gasteiger partial charge in [-0.15, -0.1) is 11.3 Å². The van der Waals surface area contributed by atoms with Gasteiger partial charge in [0, 0.05) is 12.7 Å². The molecular weight excluding hydrogens is 232 g/mol. The summed E-state index contributed by atoms with van der Waals surface area (Å²) in [4.78, 5) is 10.1. The van der Waals surface area contributed by atoms with Crippen molar-refractivity contribution in [3.05, 3.63) is 30.5 Å². The van der Waals surface area contributed by atoms with Crippen LogP contribution < -0.4 is 5.73 Å². The van der Waals surface area contributed by atoms with E-state index in [-0.39, 0.29) is 0 Å². The van der Waals surface area contributed by atoms with Gasteiger partial charge in [-0.25, -0.2) is 9.97 Å². The molecule has 0 aliphatic carbocycles. The van der Waals surface area contributed by atoms with Crippen molar-refractivity contribution in [2.24, 2.45) is 0 Å². The van der Waals surface area contributed by atoms with E-state index in [4.69, 9.17) is 5.73 Å². The summed E-state index contributed by atoms with van der Waals surface area (Å²) in [5.74, 6) is 0.947. The van der Waals surface area contributed by atoms with Gasteiger partial charge < -0.3 is 10.3 Å². The van der Waals surface area contributed by atoms with E-state index in [9.17, 15) is 0 Å². The molecule has 4 nitrogen and oxygen atoms in total. The molecule has 17 heavy (non-hydrogen) atoms. The molecule has 0 spiro atoms. The van der Waals surface area contributed by atoms with E-state index >= 15 is 0 Å². The summed E-state index contributed by atoms with van der Waals surface area (Å²) in [5, 5.41) is 0.808. The summed E-state index contributed by atoms with van der Waals surface area (Å²) in [5.41, 5.74) is 7.62. The summed E-state index contributed by atoms with van der Waals surface area (Å²) < 4.78 is 2.11. The maximum Gasteiger partial charge on any atom is 0.160 e. The van der Waals surface area contributed by atoms with Crippen LogP contribution in [-0.4, -0.2) is 14.5 Å². The van der Waals surface area contributed by atoms with Crippen LogP contribution in [0.25, 0.3) is 21.9 Å². The summed E-state index contributed by atoms with van der Waals surface area (Å²) in [7, 11) is 0. The first kappa shape index (κ1) is 10.3. The van der Waals surface area contributed by atoms with Crippen LogP contribution in [0.1, 0.15) is 6.92 Å². The number of imidazole rings is 1. The van der Waals surface area contributed by atoms with Crippen molar-refractivity contribution in [3.8, 4) is 10.7 Å². The molecule has 3 rings (SSSR count). The van der Waals surface area contributed by atoms with Crippen LogP contribution in [0.2, 0.25) is 0 Å². The standard InChI is InChI=1S/C12H12N4S/c1-2-16-11-8(4-3-7-14-11)15-12(16)9-5-6-10(13)17-9/h3-7H,2,13H2,1H3. The van der Waals surface area contributed by atoms with E-state index in [1.165, 1.54) is 0 Å². The average Bonchev–Trinajstić information content (AvgIpc) is 2.91. The fourth-order valence-electron chi connectivity index (χ4n) is 1.92. The minimum absolute atomic E-state index is 0.808. The number of nitrogens with two attached hydrogens (primary N) is 1. The molecule has 0 aromatic carbocycles. The van der Waals surface area contributed by atoms with Crippen LogP contribution in [0.5, 0.6) is 0 Å². The lowest BCUT2D eigenvalue weighted by molar-refractivity contribution is 0.789. The average molecular weight is 244 g/mol. The van der Waals surface area contributed by atoms with Crippen molar-refractivity contribution in [2.75, 3.05) is 5.73 Å². The van der Waals surface area contributed by atoms with Gasteiger partial charge in [0.05, 0.1) is 9.88 Å². The van der Waals surface area contributed by atoms with Gasteiger partial charge in [-0.1, -0.05) is 0 Å². The van der Waals surface area contributed by atoms with Crippen LogP contribution in [-0.2, 0) is 6.54 Å². The largest absolute Gasteiger partial charge is 0.391 e. The third kappa shape index (κ3) is 1.59. The highest BCUT2D eigenvalue weighted by atomic mass is 32.1. The van der Waals surface area contributed by atoms with Gasteiger partial charge in [0.15, 0.2) is 11.5 Å². The Hall–Kier alpha value is -1.88. The maximum atomic E-state index is 5.77. The first-order valence-electron chi connectivity index (χ1n) is 5.46. The van der Waals surface area contributed by atoms with Crippen LogP contribution >= 0.6 is 11.3 Å². The first-order chi connectivity index (χ1) is 8.29. The molecule has 3 aromatic rings. The SMILES string of the molecule is CCn1c(-c2ccc(N)s2)nc2cccnc21. The van der Waals surface area contributed by atoms with Crippen molar-refractivity contribution >= 4 is 27.5 Å². The van der Waals surface area contributed by atoms with Gasteiger partial charge in [0.2, 0.25) is 0 Å². The van der Waals surface area contributed by atoms with E-state index < -0.39 is 0 Å². The predicted molar refractivity (Wildman–Crippen MR) is 70.9 cm³/mol. The van der Waals surface area contributed by atoms with Gasteiger partial charge in [-0.05, 0) is 31.2 Å². The number of anilines is 1. The number of thiophene rings is 1. The number of fused-ring (bicyclic) bond motifs is 1. The number of pyridine rings is 1. The van der Waals surface area contributed by atoms with Gasteiger partial charge >= 0.3 is 0 Å². The second-order valence-corrected chi connectivity index (χ2v) is 4.84. The molecule has 5 heteroatoms. The smallest absolute Gasteiger partial charge is 0.160 e. The van der Waals surface area contributed by atoms with Crippen molar-refractivity contribution in [1.29, 1.82) is 0 Å². The Labute approximate surface area is 103 Å². The van der Waals surface area contributed by atoms with Crippen molar-refractivity contribution < 1.29 is 0 Å². The van der Waals surface area contributed by atoms with E-state index in [1.54, 1.807) is 17.5 Å². The molecule has 0 saturated heterocycles. The zero-order chi connectivity index (χ0) is 11.8. The molecule has 3 heterocycles. The van der Waals surface area contributed by atoms with Gasteiger partial charge in [0.25, 0.3) is 0 Å². The molecule has 0 saturated carbocycles. The number of hydrogen-bond acceptors (Lipinski definition) is 4. The lowest BCUT2D eigenvalue weighted by atomic mass is 10.4. The van der Waals surface area contributed by atoms with E-state index in [2.05, 4.69) is 21.5 Å². The zero-order valence-electron chi connectivity index (χ0n) is 9.42. The number of nitrogens with zero attached hydrogens (tertiary/aromatic N) is 3. The predicted octanol–water partition coefficient (Wildman–Crippen LogP) is 2.76. The maximum absolute atomic E-state index is 5.77. The molecule has 0 aliphatic heterocycles. The van der Waals surface area contributed by atoms with E-state index in [1.807, 2.05) is 24.3 Å². The van der Waals surface area contributed by atoms with Crippen LogP contribution in [0.15, 0.2) is 30.5 Å². The summed E-state index contributed by atoms with van der Waals surface area (Å²) >= 11 is 1.55. The quantitative estimate of drug-likeness (QED) is 0.754. The molecule has 0 amide bonds. The molecule has 86 valence electrons. The lowest BCUT2D eigenvalue weighted by Gasteiger charge is -2.02. The highest BCUT2D eigenvalue weighted by Gasteiger charge is 2.13. The second-order valence-electron chi connectivity index (χ2n) is 3.73. The first-order valence-corrected chi connectivity index (χ1v) is 6.28. The van der Waals surface area contributed by atoms with Crippen LogP contribution in [0.3, 0.4) is 0 Å². The molecule has 0 radical (unpaired) electrons. The Kier molecular flexibility index (Phi) is 2.33. The number of hydrogen-bond donors (Lipinski definition) is 1. The molecule has 0 unspecified atom stereocenters. The Bertz CT molecular complexity index is 668. The highest BCUT2D eigenvalue weighted by molar-refractivity contribution is 7.19. The normalized spacial score (nSPS) is 11.1. The Morgan fingerprint density at radius 2 is 2.24 bits per heavy atom. The number of nitrogen functional groups attached to an aromatic ring is 1. The lowest BCUT2D eigenvalue weighted by Crippen LogP contribution is -1.97.